The fourth-order valence-electron chi connectivity index (χ4n) is 1.18. The number of carbonyl (C=O) groups is 2. The van der Waals surface area contributed by atoms with E-state index in [1.807, 2.05) is 0 Å². The predicted octanol–water partition coefficient (Wildman–Crippen LogP) is 1.82. The maximum Gasteiger partial charge on any atom is 0.316 e. The van der Waals surface area contributed by atoms with Gasteiger partial charge in [0.1, 0.15) is 11.7 Å². The van der Waals surface area contributed by atoms with E-state index in [1.165, 1.54) is 32.2 Å². The molecule has 0 fully saturated rings. The van der Waals surface area contributed by atoms with Gasteiger partial charge in [0.15, 0.2) is 5.78 Å². The molecule has 0 saturated carbocycles. The van der Waals surface area contributed by atoms with Crippen molar-refractivity contribution in [1.29, 1.82) is 0 Å². The SMILES string of the molecule is COC(=O)C(C)C(=O)c1cccc(F)c1. The van der Waals surface area contributed by atoms with Gasteiger partial charge in [-0.2, -0.15) is 0 Å². The Balaban J connectivity index is 2.90. The molecule has 4 heteroatoms. The maximum absolute atomic E-state index is 12.8. The molecule has 1 unspecified atom stereocenters. The molecule has 0 aliphatic rings. The predicted molar refractivity (Wildman–Crippen MR) is 51.9 cm³/mol. The molecule has 0 spiro atoms. The highest BCUT2D eigenvalue weighted by molar-refractivity contribution is 6.08. The smallest absolute Gasteiger partial charge is 0.316 e. The van der Waals surface area contributed by atoms with Crippen LogP contribution in [0.5, 0.6) is 0 Å². The van der Waals surface area contributed by atoms with E-state index in [0.29, 0.717) is 0 Å². The molecule has 1 aromatic rings. The third kappa shape index (κ3) is 2.62. The molecule has 0 radical (unpaired) electrons. The summed E-state index contributed by atoms with van der Waals surface area (Å²) < 4.78 is 17.2. The largest absolute Gasteiger partial charge is 0.468 e. The summed E-state index contributed by atoms with van der Waals surface area (Å²) in [6.45, 7) is 1.43. The lowest BCUT2D eigenvalue weighted by Gasteiger charge is -2.07. The molecule has 1 atom stereocenters. The number of hydrogen-bond acceptors (Lipinski definition) is 3. The Morgan fingerprint density at radius 3 is 2.60 bits per heavy atom. The lowest BCUT2D eigenvalue weighted by atomic mass is 9.99. The van der Waals surface area contributed by atoms with Crippen molar-refractivity contribution < 1.29 is 18.7 Å². The van der Waals surface area contributed by atoms with Crippen LogP contribution in [0.15, 0.2) is 24.3 Å². The van der Waals surface area contributed by atoms with Gasteiger partial charge in [0.05, 0.1) is 7.11 Å². The van der Waals surface area contributed by atoms with Crippen LogP contribution in [0, 0.1) is 11.7 Å². The third-order valence-corrected chi connectivity index (χ3v) is 2.06. The van der Waals surface area contributed by atoms with Gasteiger partial charge in [-0.25, -0.2) is 4.39 Å². The van der Waals surface area contributed by atoms with Gasteiger partial charge >= 0.3 is 5.97 Å². The first-order chi connectivity index (χ1) is 7.06. The van der Waals surface area contributed by atoms with Crippen molar-refractivity contribution in [2.45, 2.75) is 6.92 Å². The van der Waals surface area contributed by atoms with Crippen molar-refractivity contribution in [2.24, 2.45) is 5.92 Å². The van der Waals surface area contributed by atoms with Gasteiger partial charge in [0.2, 0.25) is 0 Å². The quantitative estimate of drug-likeness (QED) is 0.434. The highest BCUT2D eigenvalue weighted by Crippen LogP contribution is 2.11. The molecule has 0 aliphatic carbocycles. The maximum atomic E-state index is 12.8. The van der Waals surface area contributed by atoms with Crippen LogP contribution in [0.1, 0.15) is 17.3 Å². The van der Waals surface area contributed by atoms with Crippen molar-refractivity contribution in [3.8, 4) is 0 Å². The minimum Gasteiger partial charge on any atom is -0.468 e. The number of methoxy groups -OCH3 is 1. The number of benzene rings is 1. The van der Waals surface area contributed by atoms with Crippen molar-refractivity contribution in [3.05, 3.63) is 35.6 Å². The number of halogens is 1. The van der Waals surface area contributed by atoms with E-state index < -0.39 is 23.5 Å². The molecule has 0 amide bonds. The van der Waals surface area contributed by atoms with Gasteiger partial charge in [0.25, 0.3) is 0 Å². The van der Waals surface area contributed by atoms with Crippen LogP contribution >= 0.6 is 0 Å². The van der Waals surface area contributed by atoms with Gasteiger partial charge in [-0.1, -0.05) is 12.1 Å². The van der Waals surface area contributed by atoms with Crippen LogP contribution in [-0.2, 0) is 9.53 Å². The van der Waals surface area contributed by atoms with Gasteiger partial charge in [-0.3, -0.25) is 9.59 Å². The Bertz CT molecular complexity index is 387. The monoisotopic (exact) mass is 210 g/mol. The second kappa shape index (κ2) is 4.68. The molecule has 0 aliphatic heterocycles. The zero-order chi connectivity index (χ0) is 11.4. The van der Waals surface area contributed by atoms with Crippen LogP contribution < -0.4 is 0 Å². The number of hydrogen-bond donors (Lipinski definition) is 0. The fourth-order valence-corrected chi connectivity index (χ4v) is 1.18. The summed E-state index contributed by atoms with van der Waals surface area (Å²) >= 11 is 0. The van der Waals surface area contributed by atoms with E-state index in [-0.39, 0.29) is 5.56 Å². The normalized spacial score (nSPS) is 11.9. The second-order valence-corrected chi connectivity index (χ2v) is 3.12. The topological polar surface area (TPSA) is 43.4 Å². The summed E-state index contributed by atoms with van der Waals surface area (Å²) in [5.41, 5.74) is 0.174. The first-order valence-corrected chi connectivity index (χ1v) is 4.44. The Labute approximate surface area is 86.9 Å². The number of esters is 1. The molecule has 80 valence electrons. The molecule has 15 heavy (non-hydrogen) atoms. The van der Waals surface area contributed by atoms with Crippen LogP contribution in [0.4, 0.5) is 4.39 Å². The lowest BCUT2D eigenvalue weighted by molar-refractivity contribution is -0.143. The summed E-state index contributed by atoms with van der Waals surface area (Å²) in [4.78, 5) is 22.7. The van der Waals surface area contributed by atoms with Crippen molar-refractivity contribution in [3.63, 3.8) is 0 Å². The Morgan fingerprint density at radius 2 is 2.07 bits per heavy atom. The molecule has 0 bridgehead atoms. The Morgan fingerprint density at radius 1 is 1.40 bits per heavy atom. The zero-order valence-electron chi connectivity index (χ0n) is 8.49. The van der Waals surface area contributed by atoms with Crippen molar-refractivity contribution in [2.75, 3.05) is 7.11 Å². The van der Waals surface area contributed by atoms with Crippen molar-refractivity contribution >= 4 is 11.8 Å². The van der Waals surface area contributed by atoms with E-state index in [0.717, 1.165) is 6.07 Å². The number of ether oxygens (including phenoxy) is 1. The minimum absolute atomic E-state index is 0.174. The van der Waals surface area contributed by atoms with Crippen LogP contribution in [-0.4, -0.2) is 18.9 Å². The lowest BCUT2D eigenvalue weighted by Crippen LogP contribution is -2.22. The summed E-state index contributed by atoms with van der Waals surface area (Å²) in [5, 5.41) is 0. The number of rotatable bonds is 3. The molecular weight excluding hydrogens is 199 g/mol. The molecule has 0 N–H and O–H groups in total. The van der Waals surface area contributed by atoms with E-state index in [2.05, 4.69) is 4.74 Å². The number of carbonyl (C=O) groups excluding carboxylic acids is 2. The van der Waals surface area contributed by atoms with E-state index in [9.17, 15) is 14.0 Å². The number of ketones is 1. The minimum atomic E-state index is -0.906. The third-order valence-electron chi connectivity index (χ3n) is 2.06. The summed E-state index contributed by atoms with van der Waals surface area (Å²) in [5.74, 6) is -2.47. The van der Waals surface area contributed by atoms with Crippen LogP contribution in [0.3, 0.4) is 0 Å². The second-order valence-electron chi connectivity index (χ2n) is 3.12. The first-order valence-electron chi connectivity index (χ1n) is 4.44. The van der Waals surface area contributed by atoms with E-state index in [4.69, 9.17) is 0 Å². The standard InChI is InChI=1S/C11H11FO3/c1-7(11(14)15-2)10(13)8-4-3-5-9(12)6-8/h3-7H,1-2H3. The highest BCUT2D eigenvalue weighted by atomic mass is 19.1. The molecule has 0 aromatic heterocycles. The summed E-state index contributed by atoms with van der Waals surface area (Å²) in [7, 11) is 1.21. The zero-order valence-corrected chi connectivity index (χ0v) is 8.49. The van der Waals surface area contributed by atoms with Crippen LogP contribution in [0.25, 0.3) is 0 Å². The average molecular weight is 210 g/mol. The van der Waals surface area contributed by atoms with Crippen LogP contribution in [0.2, 0.25) is 0 Å². The molecular formula is C11H11FO3. The Kier molecular flexibility index (Phi) is 3.55. The first kappa shape index (κ1) is 11.4. The molecule has 0 heterocycles. The molecule has 1 rings (SSSR count). The van der Waals surface area contributed by atoms with Gasteiger partial charge in [-0.05, 0) is 19.1 Å². The molecule has 1 aromatic carbocycles. The average Bonchev–Trinajstić information content (AvgIpc) is 2.26. The fraction of sp³-hybridized carbons (Fsp3) is 0.273. The number of Topliss-reactive ketones (excluding diaryl/α,β-unsaturated/α-hetero) is 1. The summed E-state index contributed by atoms with van der Waals surface area (Å²) in [6, 6.07) is 5.22. The molecule has 3 nitrogen and oxygen atoms in total. The van der Waals surface area contributed by atoms with E-state index >= 15 is 0 Å². The van der Waals surface area contributed by atoms with Gasteiger partial charge < -0.3 is 4.74 Å². The van der Waals surface area contributed by atoms with Gasteiger partial charge in [0, 0.05) is 5.56 Å². The van der Waals surface area contributed by atoms with Gasteiger partial charge in [-0.15, -0.1) is 0 Å². The van der Waals surface area contributed by atoms with Crippen molar-refractivity contribution in [1.82, 2.24) is 0 Å². The highest BCUT2D eigenvalue weighted by Gasteiger charge is 2.23. The summed E-state index contributed by atoms with van der Waals surface area (Å²) in [6.07, 6.45) is 0. The Hall–Kier alpha value is -1.71. The van der Waals surface area contributed by atoms with E-state index in [1.54, 1.807) is 0 Å². The molecule has 0 saturated heterocycles.